The summed E-state index contributed by atoms with van der Waals surface area (Å²) in [5, 5.41) is 0. The van der Waals surface area contributed by atoms with Gasteiger partial charge in [-0.25, -0.2) is 4.57 Å². The van der Waals surface area contributed by atoms with Gasteiger partial charge in [0.1, 0.15) is 0 Å². The Hall–Kier alpha value is 1.95. The monoisotopic (exact) mass is 334 g/mol. The molecule has 0 aromatic rings. The molecule has 0 radical (unpaired) electrons. The third kappa shape index (κ3) is 523. The summed E-state index contributed by atoms with van der Waals surface area (Å²) < 4.78 is 40.5. The maximum absolute atomic E-state index is 8.88. The van der Waals surface area contributed by atoms with Crippen LogP contribution >= 0.6 is 7.82 Å². The molecule has 13 heavy (non-hydrogen) atoms. The van der Waals surface area contributed by atoms with Crippen molar-refractivity contribution in [3.05, 3.63) is 0 Å². The SMILES string of the molecule is O.O=P(O)(O)O.O=S(=O)(O)O.[AlH3].[SrH2]. The summed E-state index contributed by atoms with van der Waals surface area (Å²) in [5.41, 5.74) is 0. The van der Waals surface area contributed by atoms with Crippen molar-refractivity contribution in [2.45, 2.75) is 0 Å². The van der Waals surface area contributed by atoms with Crippen LogP contribution in [0.5, 0.6) is 0 Å². The molecule has 0 spiro atoms. The molecule has 0 aliphatic rings. The second-order valence-electron chi connectivity index (χ2n) is 0.961. The molecule has 0 amide bonds. The summed E-state index contributed by atoms with van der Waals surface area (Å²) in [4.78, 5) is 21.6. The van der Waals surface area contributed by atoms with Gasteiger partial charge in [-0.2, -0.15) is 8.42 Å². The topological polar surface area (TPSA) is 184 Å². The third-order valence-corrected chi connectivity index (χ3v) is 0. The minimum atomic E-state index is -4.67. The van der Waals surface area contributed by atoms with Crippen molar-refractivity contribution in [2.24, 2.45) is 0 Å². The first-order valence-electron chi connectivity index (χ1n) is 1.48. The fourth-order valence-corrected chi connectivity index (χ4v) is 0. The summed E-state index contributed by atoms with van der Waals surface area (Å²) in [7, 11) is -9.31. The molecule has 0 bridgehead atoms. The van der Waals surface area contributed by atoms with Crippen molar-refractivity contribution in [3.63, 3.8) is 0 Å². The van der Waals surface area contributed by atoms with Gasteiger partial charge in [0, 0.05) is 0 Å². The fraction of sp³-hybridized carbons (Fsp3) is 0. The molecule has 13 heteroatoms. The van der Waals surface area contributed by atoms with E-state index in [9.17, 15) is 0 Å². The minimum absolute atomic E-state index is 0. The zero-order valence-electron chi connectivity index (χ0n) is 4.82. The van der Waals surface area contributed by atoms with Gasteiger partial charge in [-0.1, -0.05) is 0 Å². The summed E-state index contributed by atoms with van der Waals surface area (Å²) in [6, 6.07) is 0. The Morgan fingerprint density at radius 1 is 1.00 bits per heavy atom. The van der Waals surface area contributed by atoms with Crippen LogP contribution < -0.4 is 0 Å². The summed E-state index contributed by atoms with van der Waals surface area (Å²) in [6.07, 6.45) is 0. The summed E-state index contributed by atoms with van der Waals surface area (Å²) >= 11 is 0. The average molecular weight is 334 g/mol. The Labute approximate surface area is 122 Å². The van der Waals surface area contributed by atoms with Gasteiger partial charge in [0.25, 0.3) is 0 Å². The quantitative estimate of drug-likeness (QED) is 0.167. The summed E-state index contributed by atoms with van der Waals surface area (Å²) in [5.74, 6) is 0. The Balaban J connectivity index is -0.0000000267. The zero-order chi connectivity index (χ0) is 9.00. The molecular formula is H12AlO9PSSr. The number of rotatable bonds is 0. The molecule has 0 aromatic carbocycles. The van der Waals surface area contributed by atoms with Crippen LogP contribution in [0.3, 0.4) is 0 Å². The first kappa shape index (κ1) is 29.4. The van der Waals surface area contributed by atoms with Gasteiger partial charge < -0.3 is 20.2 Å². The molecule has 0 atom stereocenters. The van der Waals surface area contributed by atoms with E-state index >= 15 is 0 Å². The second-order valence-corrected chi connectivity index (χ2v) is 2.88. The van der Waals surface area contributed by atoms with Crippen LogP contribution in [0.2, 0.25) is 0 Å². The Kier molecular flexibility index (Phi) is 27.2. The molecule has 0 aromatic heterocycles. The zero-order valence-corrected chi connectivity index (χ0v) is 6.53. The maximum atomic E-state index is 8.88. The van der Waals surface area contributed by atoms with Crippen LogP contribution in [0.15, 0.2) is 0 Å². The predicted octanol–water partition coefficient (Wildman–Crippen LogP) is -4.51. The first-order valence-corrected chi connectivity index (χ1v) is 4.44. The molecule has 0 saturated heterocycles. The van der Waals surface area contributed by atoms with Crippen LogP contribution in [0.1, 0.15) is 0 Å². The molecule has 0 aliphatic heterocycles. The molecule has 7 N–H and O–H groups in total. The van der Waals surface area contributed by atoms with E-state index in [0.717, 1.165) is 0 Å². The van der Waals surface area contributed by atoms with E-state index in [1.54, 1.807) is 0 Å². The van der Waals surface area contributed by atoms with Crippen LogP contribution in [-0.4, -0.2) is 101 Å². The molecular weight excluding hydrogens is 322 g/mol. The van der Waals surface area contributed by atoms with E-state index in [0.29, 0.717) is 0 Å². The number of phosphoric acid groups is 1. The van der Waals surface area contributed by atoms with Crippen molar-refractivity contribution >= 4 is 81.1 Å². The predicted molar refractivity (Wildman–Crippen MR) is 50.5 cm³/mol. The van der Waals surface area contributed by atoms with Crippen LogP contribution in [0.25, 0.3) is 0 Å². The van der Waals surface area contributed by atoms with E-state index in [-0.39, 0.29) is 68.3 Å². The molecule has 0 unspecified atom stereocenters. The van der Waals surface area contributed by atoms with E-state index < -0.39 is 18.2 Å². The molecule has 0 rings (SSSR count). The van der Waals surface area contributed by atoms with Crippen molar-refractivity contribution in [1.82, 2.24) is 0 Å². The van der Waals surface area contributed by atoms with Crippen LogP contribution in [-0.2, 0) is 15.0 Å². The summed E-state index contributed by atoms with van der Waals surface area (Å²) in [6.45, 7) is 0. The molecule has 0 aliphatic carbocycles. The number of hydrogen-bond donors (Lipinski definition) is 5. The van der Waals surface area contributed by atoms with Crippen LogP contribution in [0.4, 0.5) is 0 Å². The molecule has 9 nitrogen and oxygen atoms in total. The van der Waals surface area contributed by atoms with Crippen molar-refractivity contribution in [2.75, 3.05) is 0 Å². The fourth-order valence-electron chi connectivity index (χ4n) is 0. The van der Waals surface area contributed by atoms with E-state index in [4.69, 9.17) is 36.8 Å². The first-order chi connectivity index (χ1) is 4.00. The van der Waals surface area contributed by atoms with E-state index in [1.807, 2.05) is 0 Å². The molecule has 82 valence electrons. The Morgan fingerprint density at radius 3 is 1.00 bits per heavy atom. The van der Waals surface area contributed by atoms with Gasteiger partial charge in [-0.3, -0.25) is 9.11 Å². The second kappa shape index (κ2) is 12.0. The normalized spacial score (nSPS) is 9.00. The van der Waals surface area contributed by atoms with E-state index in [1.165, 1.54) is 0 Å². The number of hydrogen-bond acceptors (Lipinski definition) is 3. The molecule has 0 fully saturated rings. The van der Waals surface area contributed by atoms with E-state index in [2.05, 4.69) is 0 Å². The van der Waals surface area contributed by atoms with Crippen molar-refractivity contribution in [1.29, 1.82) is 0 Å². The third-order valence-electron chi connectivity index (χ3n) is 0. The van der Waals surface area contributed by atoms with Gasteiger partial charge in [-0.15, -0.1) is 0 Å². The molecule has 0 heterocycles. The Morgan fingerprint density at radius 2 is 1.00 bits per heavy atom. The van der Waals surface area contributed by atoms with Crippen molar-refractivity contribution < 1.29 is 42.2 Å². The van der Waals surface area contributed by atoms with Crippen LogP contribution in [0, 0.1) is 0 Å². The standard InChI is InChI=1S/Al.H3O4P.H2O4S.H2O.Sr.5H/c;2*1-5(2,3)4;;;;;;;/h;(H3,1,2,3,4);(H2,1,2,3,4);1H2;;;;;;. The van der Waals surface area contributed by atoms with Gasteiger partial charge >= 0.3 is 63.7 Å². The Bertz CT molecular complexity index is 198. The van der Waals surface area contributed by atoms with Crippen molar-refractivity contribution in [3.8, 4) is 0 Å². The van der Waals surface area contributed by atoms with Gasteiger partial charge in [0.15, 0.2) is 17.4 Å². The molecule has 0 saturated carbocycles. The van der Waals surface area contributed by atoms with Gasteiger partial charge in [0.05, 0.1) is 0 Å². The van der Waals surface area contributed by atoms with Gasteiger partial charge in [-0.05, 0) is 0 Å². The average Bonchev–Trinajstić information content (AvgIpc) is 1.12. The van der Waals surface area contributed by atoms with Gasteiger partial charge in [0.2, 0.25) is 0 Å².